The number of halogens is 1. The molecule has 1 amide bonds. The first-order chi connectivity index (χ1) is 14.6. The second-order valence-corrected chi connectivity index (χ2v) is 8.15. The molecule has 0 aliphatic carbocycles. The Kier molecular flexibility index (Phi) is 6.45. The predicted molar refractivity (Wildman–Crippen MR) is 119 cm³/mol. The number of nitrogens with one attached hydrogen (secondary N) is 1. The van der Waals surface area contributed by atoms with Gasteiger partial charge in [0.2, 0.25) is 5.91 Å². The van der Waals surface area contributed by atoms with E-state index in [4.69, 9.17) is 16.0 Å². The fourth-order valence-corrected chi connectivity index (χ4v) is 3.95. The lowest BCUT2D eigenvalue weighted by Gasteiger charge is -2.28. The van der Waals surface area contributed by atoms with Gasteiger partial charge in [-0.25, -0.2) is 4.98 Å². The van der Waals surface area contributed by atoms with Gasteiger partial charge in [-0.15, -0.1) is 0 Å². The van der Waals surface area contributed by atoms with Crippen LogP contribution in [-0.2, 0) is 4.79 Å². The molecule has 0 aromatic carbocycles. The van der Waals surface area contributed by atoms with Crippen molar-refractivity contribution in [2.45, 2.75) is 19.3 Å². The fraction of sp³-hybridized carbons (Fsp3) is 0.348. The molecule has 6 nitrogen and oxygen atoms in total. The van der Waals surface area contributed by atoms with E-state index in [1.807, 2.05) is 18.2 Å². The van der Waals surface area contributed by atoms with E-state index >= 15 is 0 Å². The third-order valence-electron chi connectivity index (χ3n) is 5.53. The van der Waals surface area contributed by atoms with E-state index in [1.165, 1.54) is 18.9 Å². The van der Waals surface area contributed by atoms with Gasteiger partial charge in [-0.2, -0.15) is 0 Å². The average molecular weight is 425 g/mol. The summed E-state index contributed by atoms with van der Waals surface area (Å²) in [6, 6.07) is 7.20. The summed E-state index contributed by atoms with van der Waals surface area (Å²) in [5.41, 5.74) is 1.39. The Hall–Kier alpha value is -2.70. The zero-order valence-corrected chi connectivity index (χ0v) is 17.7. The number of likely N-dealkylation sites (tertiary alicyclic amines) is 1. The van der Waals surface area contributed by atoms with Crippen LogP contribution in [0.1, 0.15) is 25.0 Å². The highest BCUT2D eigenvalue weighted by Gasteiger charge is 2.16. The summed E-state index contributed by atoms with van der Waals surface area (Å²) in [7, 11) is 2.16. The number of carbonyl (C=O) groups is 1. The molecular weight excluding hydrogens is 400 g/mol. The maximum absolute atomic E-state index is 12.1. The van der Waals surface area contributed by atoms with Crippen LogP contribution in [0.3, 0.4) is 0 Å². The van der Waals surface area contributed by atoms with Crippen molar-refractivity contribution in [2.24, 2.45) is 5.92 Å². The van der Waals surface area contributed by atoms with Crippen LogP contribution in [-0.4, -0.2) is 47.5 Å². The van der Waals surface area contributed by atoms with Crippen LogP contribution in [0, 0.1) is 5.92 Å². The summed E-state index contributed by atoms with van der Waals surface area (Å²) in [4.78, 5) is 23.1. The largest absolute Gasteiger partial charge is 0.455 e. The highest BCUT2D eigenvalue weighted by molar-refractivity contribution is 6.35. The monoisotopic (exact) mass is 424 g/mol. The molecular formula is C23H25ClN4O2. The van der Waals surface area contributed by atoms with Gasteiger partial charge in [0.25, 0.3) is 0 Å². The summed E-state index contributed by atoms with van der Waals surface area (Å²) in [6.07, 6.45) is 9.99. The van der Waals surface area contributed by atoms with E-state index in [-0.39, 0.29) is 5.91 Å². The maximum atomic E-state index is 12.1. The summed E-state index contributed by atoms with van der Waals surface area (Å²) < 4.78 is 5.83. The topological polar surface area (TPSA) is 71.3 Å². The molecule has 0 radical (unpaired) electrons. The lowest BCUT2D eigenvalue weighted by molar-refractivity contribution is -0.116. The number of furan rings is 1. The quantitative estimate of drug-likeness (QED) is 0.593. The van der Waals surface area contributed by atoms with E-state index in [1.54, 1.807) is 24.5 Å². The molecule has 0 unspecified atom stereocenters. The molecule has 156 valence electrons. The molecule has 1 N–H and O–H groups in total. The summed E-state index contributed by atoms with van der Waals surface area (Å²) in [5, 5.41) is 4.33. The molecule has 1 saturated heterocycles. The van der Waals surface area contributed by atoms with Crippen LogP contribution in [0.4, 0.5) is 0 Å². The number of hydrogen-bond donors (Lipinski definition) is 1. The van der Waals surface area contributed by atoms with Crippen molar-refractivity contribution in [3.63, 3.8) is 0 Å². The molecule has 7 heteroatoms. The zero-order valence-electron chi connectivity index (χ0n) is 17.0. The van der Waals surface area contributed by atoms with Crippen molar-refractivity contribution in [2.75, 3.05) is 26.7 Å². The number of rotatable bonds is 6. The van der Waals surface area contributed by atoms with Gasteiger partial charge in [-0.1, -0.05) is 11.6 Å². The van der Waals surface area contributed by atoms with Crippen LogP contribution in [0.25, 0.3) is 28.4 Å². The number of hydrogen-bond acceptors (Lipinski definition) is 5. The minimum atomic E-state index is -0.111. The van der Waals surface area contributed by atoms with Crippen LogP contribution in [0.5, 0.6) is 0 Å². The second kappa shape index (κ2) is 9.41. The van der Waals surface area contributed by atoms with Crippen molar-refractivity contribution in [3.05, 3.63) is 53.5 Å². The van der Waals surface area contributed by atoms with E-state index in [9.17, 15) is 4.79 Å². The highest BCUT2D eigenvalue weighted by atomic mass is 35.5. The molecule has 0 saturated carbocycles. The lowest BCUT2D eigenvalue weighted by Crippen LogP contribution is -2.32. The van der Waals surface area contributed by atoms with E-state index in [0.29, 0.717) is 34.7 Å². The van der Waals surface area contributed by atoms with Gasteiger partial charge in [0.15, 0.2) is 5.76 Å². The fourth-order valence-electron chi connectivity index (χ4n) is 3.70. The van der Waals surface area contributed by atoms with Crippen LogP contribution in [0.15, 0.2) is 47.2 Å². The zero-order chi connectivity index (χ0) is 20.9. The van der Waals surface area contributed by atoms with Gasteiger partial charge in [-0.05, 0) is 75.7 Å². The first kappa shape index (κ1) is 20.6. The van der Waals surface area contributed by atoms with E-state index in [2.05, 4.69) is 27.2 Å². The second-order valence-electron chi connectivity index (χ2n) is 7.74. The normalized spacial score (nSPS) is 15.8. The smallest absolute Gasteiger partial charge is 0.244 e. The molecule has 0 atom stereocenters. The molecule has 3 aromatic rings. The Morgan fingerprint density at radius 2 is 2.17 bits per heavy atom. The summed E-state index contributed by atoms with van der Waals surface area (Å²) >= 11 is 6.34. The maximum Gasteiger partial charge on any atom is 0.244 e. The molecule has 1 fully saturated rings. The molecule has 1 aliphatic heterocycles. The van der Waals surface area contributed by atoms with Gasteiger partial charge >= 0.3 is 0 Å². The van der Waals surface area contributed by atoms with Crippen molar-refractivity contribution < 1.29 is 9.21 Å². The van der Waals surface area contributed by atoms with Crippen molar-refractivity contribution in [1.82, 2.24) is 20.2 Å². The van der Waals surface area contributed by atoms with Crippen molar-refractivity contribution in [3.8, 4) is 11.5 Å². The Balaban J connectivity index is 1.33. The van der Waals surface area contributed by atoms with Gasteiger partial charge in [-0.3, -0.25) is 9.78 Å². The molecule has 3 aromatic heterocycles. The van der Waals surface area contributed by atoms with Gasteiger partial charge in [0, 0.05) is 30.4 Å². The molecule has 1 aliphatic rings. The number of nitrogens with zero attached hydrogens (tertiary/aromatic N) is 3. The van der Waals surface area contributed by atoms with Gasteiger partial charge in [0.05, 0.1) is 10.5 Å². The highest BCUT2D eigenvalue weighted by Crippen LogP contribution is 2.28. The molecule has 4 heterocycles. The van der Waals surface area contributed by atoms with E-state index in [0.717, 1.165) is 30.4 Å². The predicted octanol–water partition coefficient (Wildman–Crippen LogP) is 4.40. The number of piperidine rings is 1. The molecule has 30 heavy (non-hydrogen) atoms. The average Bonchev–Trinajstić information content (AvgIpc) is 3.23. The Labute approximate surface area is 180 Å². The third-order valence-corrected chi connectivity index (χ3v) is 5.84. The van der Waals surface area contributed by atoms with Gasteiger partial charge < -0.3 is 14.6 Å². The standard InChI is InChI=1S/C23H25ClN4O2/c1-28-12-8-16(9-13-28)6-11-26-23(29)5-3-17-2-4-22(30-17)21-14-19(24)18-15-25-10-7-20(18)27-21/h2-5,7,10,14-16H,6,8-9,11-13H2,1H3,(H,26,29)/b5-3+. The Bertz CT molecular complexity index is 1050. The van der Waals surface area contributed by atoms with Crippen LogP contribution >= 0.6 is 11.6 Å². The van der Waals surface area contributed by atoms with E-state index < -0.39 is 0 Å². The first-order valence-corrected chi connectivity index (χ1v) is 10.6. The molecule has 4 rings (SSSR count). The number of amides is 1. The van der Waals surface area contributed by atoms with Crippen LogP contribution < -0.4 is 5.32 Å². The van der Waals surface area contributed by atoms with Gasteiger partial charge in [0.1, 0.15) is 11.5 Å². The SMILES string of the molecule is CN1CCC(CCNC(=O)/C=C/c2ccc(-c3cc(Cl)c4cnccc4n3)o2)CC1. The number of aromatic nitrogens is 2. The van der Waals surface area contributed by atoms with Crippen molar-refractivity contribution in [1.29, 1.82) is 0 Å². The number of pyridine rings is 2. The first-order valence-electron chi connectivity index (χ1n) is 10.2. The summed E-state index contributed by atoms with van der Waals surface area (Å²) in [6.45, 7) is 3.00. The van der Waals surface area contributed by atoms with Crippen molar-refractivity contribution >= 4 is 34.5 Å². The minimum absolute atomic E-state index is 0.111. The number of fused-ring (bicyclic) bond motifs is 1. The molecule has 0 spiro atoms. The third kappa shape index (κ3) is 5.07. The Morgan fingerprint density at radius 1 is 1.33 bits per heavy atom. The molecule has 0 bridgehead atoms. The minimum Gasteiger partial charge on any atom is -0.455 e. The Morgan fingerprint density at radius 3 is 3.00 bits per heavy atom. The lowest BCUT2D eigenvalue weighted by atomic mass is 9.94. The van der Waals surface area contributed by atoms with Crippen LogP contribution in [0.2, 0.25) is 5.02 Å². The summed E-state index contributed by atoms with van der Waals surface area (Å²) in [5.74, 6) is 1.77. The number of carbonyl (C=O) groups excluding carboxylic acids is 1.